The Morgan fingerprint density at radius 2 is 1.82 bits per heavy atom. The van der Waals surface area contributed by atoms with E-state index >= 15 is 0 Å². The van der Waals surface area contributed by atoms with Crippen LogP contribution in [-0.2, 0) is 6.42 Å². The topological polar surface area (TPSA) is 42.1 Å². The van der Waals surface area contributed by atoms with Crippen molar-refractivity contribution in [2.45, 2.75) is 13.3 Å². The molecule has 0 radical (unpaired) electrons. The maximum atomic E-state index is 5.62. The summed E-state index contributed by atoms with van der Waals surface area (Å²) in [6.07, 6.45) is 2.73. The van der Waals surface area contributed by atoms with Crippen LogP contribution in [0.1, 0.15) is 12.5 Å². The third kappa shape index (κ3) is 2.56. The first-order valence-corrected chi connectivity index (χ1v) is 5.75. The zero-order chi connectivity index (χ0) is 12.3. The van der Waals surface area contributed by atoms with Gasteiger partial charge in [-0.15, -0.1) is 0 Å². The Labute approximate surface area is 102 Å². The van der Waals surface area contributed by atoms with Gasteiger partial charge in [0.2, 0.25) is 0 Å². The van der Waals surface area contributed by atoms with Crippen LogP contribution in [0.25, 0.3) is 0 Å². The minimum atomic E-state index is 0.684. The second-order valence-electron chi connectivity index (χ2n) is 4.03. The van der Waals surface area contributed by atoms with Crippen molar-refractivity contribution in [3.63, 3.8) is 0 Å². The summed E-state index contributed by atoms with van der Waals surface area (Å²) in [6.45, 7) is 2.15. The molecule has 0 bridgehead atoms. The molecule has 2 aromatic rings. The molecule has 0 spiro atoms. The zero-order valence-corrected chi connectivity index (χ0v) is 10.2. The van der Waals surface area contributed by atoms with Crippen molar-refractivity contribution < 1.29 is 0 Å². The summed E-state index contributed by atoms with van der Waals surface area (Å²) < 4.78 is 0. The summed E-state index contributed by atoms with van der Waals surface area (Å²) in [4.78, 5) is 6.34. The Morgan fingerprint density at radius 1 is 1.12 bits per heavy atom. The van der Waals surface area contributed by atoms with E-state index in [0.717, 1.165) is 17.9 Å². The number of hydrogen-bond donors (Lipinski definition) is 1. The maximum Gasteiger partial charge on any atom is 0.132 e. The molecule has 0 aliphatic rings. The van der Waals surface area contributed by atoms with Crippen LogP contribution in [0.15, 0.2) is 42.6 Å². The molecule has 0 atom stereocenters. The smallest absolute Gasteiger partial charge is 0.132 e. The summed E-state index contributed by atoms with van der Waals surface area (Å²) in [7, 11) is 2.00. The van der Waals surface area contributed by atoms with Crippen molar-refractivity contribution in [1.29, 1.82) is 0 Å². The molecule has 88 valence electrons. The summed E-state index contributed by atoms with van der Waals surface area (Å²) in [5.41, 5.74) is 8.77. The van der Waals surface area contributed by atoms with Gasteiger partial charge in [0.15, 0.2) is 0 Å². The Bertz CT molecular complexity index is 474. The molecule has 1 heterocycles. The van der Waals surface area contributed by atoms with E-state index in [1.807, 2.05) is 24.1 Å². The summed E-state index contributed by atoms with van der Waals surface area (Å²) in [5, 5.41) is 0. The van der Waals surface area contributed by atoms with E-state index in [1.54, 1.807) is 6.20 Å². The van der Waals surface area contributed by atoms with Crippen molar-refractivity contribution in [2.75, 3.05) is 17.7 Å². The van der Waals surface area contributed by atoms with E-state index in [1.165, 1.54) is 5.56 Å². The van der Waals surface area contributed by atoms with Gasteiger partial charge >= 0.3 is 0 Å². The monoisotopic (exact) mass is 227 g/mol. The molecule has 17 heavy (non-hydrogen) atoms. The highest BCUT2D eigenvalue weighted by Crippen LogP contribution is 2.22. The Morgan fingerprint density at radius 3 is 2.35 bits per heavy atom. The number of nitrogen functional groups attached to an aromatic ring is 1. The predicted octanol–water partition coefficient (Wildman–Crippen LogP) is 2.99. The van der Waals surface area contributed by atoms with Crippen molar-refractivity contribution in [1.82, 2.24) is 4.98 Å². The first-order chi connectivity index (χ1) is 8.20. The number of anilines is 3. The molecule has 0 fully saturated rings. The summed E-state index contributed by atoms with van der Waals surface area (Å²) >= 11 is 0. The van der Waals surface area contributed by atoms with Gasteiger partial charge in [0, 0.05) is 12.7 Å². The molecular weight excluding hydrogens is 210 g/mol. The number of aromatic nitrogens is 1. The van der Waals surface area contributed by atoms with E-state index in [-0.39, 0.29) is 0 Å². The predicted molar refractivity (Wildman–Crippen MR) is 72.5 cm³/mol. The number of benzene rings is 1. The maximum absolute atomic E-state index is 5.62. The molecule has 2 N–H and O–H groups in total. The molecule has 0 unspecified atom stereocenters. The average molecular weight is 227 g/mol. The molecule has 0 saturated heterocycles. The van der Waals surface area contributed by atoms with E-state index in [2.05, 4.69) is 36.2 Å². The third-order valence-corrected chi connectivity index (χ3v) is 2.85. The van der Waals surface area contributed by atoms with Gasteiger partial charge < -0.3 is 10.6 Å². The van der Waals surface area contributed by atoms with Crippen LogP contribution in [0.4, 0.5) is 17.2 Å². The van der Waals surface area contributed by atoms with Crippen LogP contribution >= 0.6 is 0 Å². The first kappa shape index (κ1) is 11.5. The van der Waals surface area contributed by atoms with Gasteiger partial charge in [-0.1, -0.05) is 19.1 Å². The van der Waals surface area contributed by atoms with E-state index < -0.39 is 0 Å². The largest absolute Gasteiger partial charge is 0.397 e. The number of hydrogen-bond acceptors (Lipinski definition) is 3. The Balaban J connectivity index is 2.23. The molecule has 1 aromatic carbocycles. The second kappa shape index (κ2) is 4.87. The van der Waals surface area contributed by atoms with Gasteiger partial charge in [0.05, 0.1) is 11.9 Å². The Hall–Kier alpha value is -2.03. The lowest BCUT2D eigenvalue weighted by Gasteiger charge is -2.18. The van der Waals surface area contributed by atoms with Crippen LogP contribution in [0.3, 0.4) is 0 Å². The summed E-state index contributed by atoms with van der Waals surface area (Å²) in [6, 6.07) is 12.3. The van der Waals surface area contributed by atoms with Crippen LogP contribution in [0, 0.1) is 0 Å². The average Bonchev–Trinajstić information content (AvgIpc) is 2.39. The molecule has 1 aromatic heterocycles. The quantitative estimate of drug-likeness (QED) is 0.876. The van der Waals surface area contributed by atoms with Crippen LogP contribution in [0.2, 0.25) is 0 Å². The van der Waals surface area contributed by atoms with Crippen molar-refractivity contribution in [3.8, 4) is 0 Å². The molecule has 3 nitrogen and oxygen atoms in total. The number of rotatable bonds is 3. The second-order valence-corrected chi connectivity index (χ2v) is 4.03. The van der Waals surface area contributed by atoms with Crippen LogP contribution < -0.4 is 10.6 Å². The zero-order valence-electron chi connectivity index (χ0n) is 10.2. The van der Waals surface area contributed by atoms with Gasteiger partial charge in [-0.05, 0) is 36.2 Å². The molecule has 0 aliphatic carbocycles. The van der Waals surface area contributed by atoms with Crippen LogP contribution in [0.5, 0.6) is 0 Å². The SMILES string of the molecule is CCc1ccc(N(C)c2ccc(N)cn2)cc1. The summed E-state index contributed by atoms with van der Waals surface area (Å²) in [5.74, 6) is 0.892. The molecule has 2 rings (SSSR count). The van der Waals surface area contributed by atoms with Crippen molar-refractivity contribution >= 4 is 17.2 Å². The van der Waals surface area contributed by atoms with Crippen molar-refractivity contribution in [3.05, 3.63) is 48.2 Å². The molecule has 0 aliphatic heterocycles. The van der Waals surface area contributed by atoms with E-state index in [4.69, 9.17) is 5.73 Å². The normalized spacial score (nSPS) is 10.2. The molecular formula is C14H17N3. The highest BCUT2D eigenvalue weighted by atomic mass is 15.2. The minimum Gasteiger partial charge on any atom is -0.397 e. The number of aryl methyl sites for hydroxylation is 1. The fourth-order valence-electron chi connectivity index (χ4n) is 1.68. The Kier molecular flexibility index (Phi) is 3.28. The number of nitrogens with zero attached hydrogens (tertiary/aromatic N) is 2. The molecule has 0 saturated carbocycles. The molecule has 0 amide bonds. The van der Waals surface area contributed by atoms with Gasteiger partial charge in [-0.2, -0.15) is 0 Å². The first-order valence-electron chi connectivity index (χ1n) is 5.75. The van der Waals surface area contributed by atoms with Gasteiger partial charge in [0.25, 0.3) is 0 Å². The van der Waals surface area contributed by atoms with Gasteiger partial charge in [-0.3, -0.25) is 0 Å². The fraction of sp³-hybridized carbons (Fsp3) is 0.214. The van der Waals surface area contributed by atoms with Gasteiger partial charge in [0.1, 0.15) is 5.82 Å². The fourth-order valence-corrected chi connectivity index (χ4v) is 1.68. The lowest BCUT2D eigenvalue weighted by molar-refractivity contribution is 1.11. The highest BCUT2D eigenvalue weighted by molar-refractivity contribution is 5.60. The lowest BCUT2D eigenvalue weighted by Crippen LogP contribution is -2.11. The van der Waals surface area contributed by atoms with Crippen molar-refractivity contribution in [2.24, 2.45) is 0 Å². The van der Waals surface area contributed by atoms with Crippen LogP contribution in [-0.4, -0.2) is 12.0 Å². The van der Waals surface area contributed by atoms with Gasteiger partial charge in [-0.25, -0.2) is 4.98 Å². The number of pyridine rings is 1. The molecule has 3 heteroatoms. The standard InChI is InChI=1S/C14H17N3/c1-3-11-4-7-13(8-5-11)17(2)14-9-6-12(15)10-16-14/h4-10H,3,15H2,1-2H3. The third-order valence-electron chi connectivity index (χ3n) is 2.85. The minimum absolute atomic E-state index is 0.684. The number of nitrogens with two attached hydrogens (primary N) is 1. The van der Waals surface area contributed by atoms with E-state index in [0.29, 0.717) is 5.69 Å². The van der Waals surface area contributed by atoms with E-state index in [9.17, 15) is 0 Å². The lowest BCUT2D eigenvalue weighted by atomic mass is 10.1. The highest BCUT2D eigenvalue weighted by Gasteiger charge is 2.04.